The molecule has 18 heavy (non-hydrogen) atoms. The Labute approximate surface area is 114 Å². The van der Waals surface area contributed by atoms with Crippen molar-refractivity contribution in [1.29, 1.82) is 0 Å². The number of ketones is 1. The van der Waals surface area contributed by atoms with Gasteiger partial charge in [0.25, 0.3) is 0 Å². The summed E-state index contributed by atoms with van der Waals surface area (Å²) >= 11 is 2.00. The largest absolute Gasteiger partial charge is 0.375 e. The van der Waals surface area contributed by atoms with E-state index < -0.39 is 5.54 Å². The van der Waals surface area contributed by atoms with Gasteiger partial charge in [-0.1, -0.05) is 0 Å². The number of Topliss-reactive ketones (excluding diaryl/α,β-unsaturated/α-hetero) is 1. The summed E-state index contributed by atoms with van der Waals surface area (Å²) in [6.45, 7) is 4.71. The first kappa shape index (κ1) is 14.4. The fourth-order valence-corrected chi connectivity index (χ4v) is 4.21. The maximum atomic E-state index is 12.6. The molecule has 2 fully saturated rings. The lowest BCUT2D eigenvalue weighted by atomic mass is 9.76. The standard InChI is InChI=1S/C14H25NO2S/c1-13(2,15-3)12(16)11-4-7-17-14(10-11)5-8-18-9-6-14/h11,15H,4-10H2,1-3H3. The highest BCUT2D eigenvalue weighted by Crippen LogP contribution is 2.40. The van der Waals surface area contributed by atoms with Crippen LogP contribution in [0, 0.1) is 5.92 Å². The number of carbonyl (C=O) groups excluding carboxylic acids is 1. The number of nitrogens with one attached hydrogen (secondary N) is 1. The Hall–Kier alpha value is -0.0600. The van der Waals surface area contributed by atoms with E-state index in [9.17, 15) is 4.79 Å². The van der Waals surface area contributed by atoms with Gasteiger partial charge >= 0.3 is 0 Å². The molecule has 0 aromatic carbocycles. The second kappa shape index (κ2) is 5.51. The minimum absolute atomic E-state index is 0.00759. The maximum absolute atomic E-state index is 12.6. The van der Waals surface area contributed by atoms with E-state index in [-0.39, 0.29) is 11.5 Å². The van der Waals surface area contributed by atoms with Crippen molar-refractivity contribution < 1.29 is 9.53 Å². The number of likely N-dealkylation sites (N-methyl/N-ethyl adjacent to an activating group) is 1. The molecule has 1 N–H and O–H groups in total. The molecule has 2 heterocycles. The Morgan fingerprint density at radius 1 is 1.39 bits per heavy atom. The Kier molecular flexibility index (Phi) is 4.40. The van der Waals surface area contributed by atoms with Crippen LogP contribution in [0.3, 0.4) is 0 Å². The van der Waals surface area contributed by atoms with Crippen LogP contribution in [-0.4, -0.2) is 42.1 Å². The molecule has 2 aliphatic rings. The van der Waals surface area contributed by atoms with E-state index in [0.717, 1.165) is 32.3 Å². The topological polar surface area (TPSA) is 38.3 Å². The Morgan fingerprint density at radius 3 is 2.67 bits per heavy atom. The third-order valence-corrected chi connectivity index (χ3v) is 5.49. The van der Waals surface area contributed by atoms with Crippen LogP contribution in [-0.2, 0) is 9.53 Å². The summed E-state index contributed by atoms with van der Waals surface area (Å²) < 4.78 is 6.05. The molecule has 2 saturated heterocycles. The summed E-state index contributed by atoms with van der Waals surface area (Å²) in [5, 5.41) is 3.14. The van der Waals surface area contributed by atoms with E-state index in [0.29, 0.717) is 5.78 Å². The fourth-order valence-electron chi connectivity index (χ4n) is 2.98. The molecule has 3 nitrogen and oxygen atoms in total. The molecule has 2 rings (SSSR count). The van der Waals surface area contributed by atoms with Crippen molar-refractivity contribution in [3.63, 3.8) is 0 Å². The van der Waals surface area contributed by atoms with Crippen molar-refractivity contribution >= 4 is 17.5 Å². The van der Waals surface area contributed by atoms with E-state index in [1.807, 2.05) is 32.7 Å². The first-order valence-corrected chi connectivity index (χ1v) is 8.09. The molecule has 0 aliphatic carbocycles. The molecule has 0 radical (unpaired) electrons. The minimum Gasteiger partial charge on any atom is -0.375 e. The third kappa shape index (κ3) is 2.91. The lowest BCUT2D eigenvalue weighted by Crippen LogP contribution is -2.52. The second-order valence-electron chi connectivity index (χ2n) is 6.07. The zero-order valence-electron chi connectivity index (χ0n) is 11.8. The first-order valence-electron chi connectivity index (χ1n) is 6.94. The second-order valence-corrected chi connectivity index (χ2v) is 7.30. The number of hydrogen-bond donors (Lipinski definition) is 1. The van der Waals surface area contributed by atoms with Gasteiger partial charge in [0, 0.05) is 12.5 Å². The molecular formula is C14H25NO2S. The van der Waals surface area contributed by atoms with Crippen molar-refractivity contribution in [2.24, 2.45) is 5.92 Å². The number of rotatable bonds is 3. The monoisotopic (exact) mass is 271 g/mol. The Morgan fingerprint density at radius 2 is 2.06 bits per heavy atom. The van der Waals surface area contributed by atoms with Gasteiger partial charge in [0.05, 0.1) is 11.1 Å². The molecule has 0 bridgehead atoms. The Balaban J connectivity index is 2.04. The molecule has 0 amide bonds. The summed E-state index contributed by atoms with van der Waals surface area (Å²) in [5.74, 6) is 2.88. The highest BCUT2D eigenvalue weighted by molar-refractivity contribution is 7.99. The van der Waals surface area contributed by atoms with Gasteiger partial charge in [0.15, 0.2) is 5.78 Å². The van der Waals surface area contributed by atoms with Gasteiger partial charge in [-0.2, -0.15) is 11.8 Å². The maximum Gasteiger partial charge on any atom is 0.155 e. The van der Waals surface area contributed by atoms with Crippen LogP contribution in [0.5, 0.6) is 0 Å². The quantitative estimate of drug-likeness (QED) is 0.854. The zero-order valence-corrected chi connectivity index (χ0v) is 12.6. The van der Waals surface area contributed by atoms with Crippen molar-refractivity contribution in [3.05, 3.63) is 0 Å². The fraction of sp³-hybridized carbons (Fsp3) is 0.929. The summed E-state index contributed by atoms with van der Waals surface area (Å²) in [6.07, 6.45) is 4.04. The molecule has 4 heteroatoms. The van der Waals surface area contributed by atoms with Crippen LogP contribution in [0.2, 0.25) is 0 Å². The van der Waals surface area contributed by atoms with Gasteiger partial charge in [0.1, 0.15) is 0 Å². The van der Waals surface area contributed by atoms with E-state index in [1.54, 1.807) is 0 Å². The van der Waals surface area contributed by atoms with Gasteiger partial charge < -0.3 is 10.1 Å². The Bertz CT molecular complexity index is 305. The van der Waals surface area contributed by atoms with E-state index >= 15 is 0 Å². The van der Waals surface area contributed by atoms with Crippen LogP contribution in [0.1, 0.15) is 39.5 Å². The molecule has 1 unspecified atom stereocenters. The molecule has 0 aromatic heterocycles. The normalized spacial score (nSPS) is 28.3. The van der Waals surface area contributed by atoms with Crippen molar-refractivity contribution in [2.75, 3.05) is 25.2 Å². The zero-order chi connectivity index (χ0) is 13.2. The van der Waals surface area contributed by atoms with Crippen LogP contribution in [0.4, 0.5) is 0 Å². The van der Waals surface area contributed by atoms with Crippen molar-refractivity contribution in [3.8, 4) is 0 Å². The highest BCUT2D eigenvalue weighted by atomic mass is 32.2. The SMILES string of the molecule is CNC(C)(C)C(=O)C1CCOC2(CCSCC2)C1. The van der Waals surface area contributed by atoms with Crippen LogP contribution < -0.4 is 5.32 Å². The molecule has 104 valence electrons. The molecule has 0 aromatic rings. The lowest BCUT2D eigenvalue weighted by Gasteiger charge is -2.44. The molecule has 2 aliphatic heterocycles. The van der Waals surface area contributed by atoms with Crippen LogP contribution >= 0.6 is 11.8 Å². The predicted octanol–water partition coefficient (Wildman–Crippen LogP) is 2.25. The number of thioether (sulfide) groups is 1. The molecule has 0 saturated carbocycles. The van der Waals surface area contributed by atoms with Crippen LogP contribution in [0.15, 0.2) is 0 Å². The van der Waals surface area contributed by atoms with Gasteiger partial charge in [-0.15, -0.1) is 0 Å². The smallest absolute Gasteiger partial charge is 0.155 e. The predicted molar refractivity (Wildman–Crippen MR) is 76.1 cm³/mol. The van der Waals surface area contributed by atoms with Gasteiger partial charge in [-0.05, 0) is 58.1 Å². The third-order valence-electron chi connectivity index (χ3n) is 4.51. The molecule has 1 spiro atoms. The average Bonchev–Trinajstić information content (AvgIpc) is 2.39. The minimum atomic E-state index is -0.410. The first-order chi connectivity index (χ1) is 8.49. The van der Waals surface area contributed by atoms with Gasteiger partial charge in [-0.3, -0.25) is 4.79 Å². The number of carbonyl (C=O) groups is 1. The van der Waals surface area contributed by atoms with Crippen molar-refractivity contribution in [1.82, 2.24) is 5.32 Å². The van der Waals surface area contributed by atoms with Gasteiger partial charge in [0.2, 0.25) is 0 Å². The van der Waals surface area contributed by atoms with E-state index in [2.05, 4.69) is 5.32 Å². The highest BCUT2D eigenvalue weighted by Gasteiger charge is 2.43. The number of hydrogen-bond acceptors (Lipinski definition) is 4. The molecule has 1 atom stereocenters. The lowest BCUT2D eigenvalue weighted by molar-refractivity contribution is -0.143. The number of ether oxygens (including phenoxy) is 1. The summed E-state index contributed by atoms with van der Waals surface area (Å²) in [4.78, 5) is 12.6. The van der Waals surface area contributed by atoms with Crippen molar-refractivity contribution in [2.45, 2.75) is 50.7 Å². The molecular weight excluding hydrogens is 246 g/mol. The summed E-state index contributed by atoms with van der Waals surface area (Å²) in [7, 11) is 1.87. The van der Waals surface area contributed by atoms with Gasteiger partial charge in [-0.25, -0.2) is 0 Å². The average molecular weight is 271 g/mol. The van der Waals surface area contributed by atoms with E-state index in [4.69, 9.17) is 4.74 Å². The summed E-state index contributed by atoms with van der Waals surface area (Å²) in [6, 6.07) is 0. The summed E-state index contributed by atoms with van der Waals surface area (Å²) in [5.41, 5.74) is -0.403. The van der Waals surface area contributed by atoms with E-state index in [1.165, 1.54) is 11.5 Å². The van der Waals surface area contributed by atoms with Crippen LogP contribution in [0.25, 0.3) is 0 Å².